The maximum atomic E-state index is 12.8. The molecular weight excluding hydrogens is 215 g/mol. The molecule has 0 spiro atoms. The van der Waals surface area contributed by atoms with Crippen molar-refractivity contribution >= 4 is 0 Å². The summed E-state index contributed by atoms with van der Waals surface area (Å²) in [6.07, 6.45) is 2.48. The summed E-state index contributed by atoms with van der Waals surface area (Å²) in [5, 5.41) is 0. The highest BCUT2D eigenvalue weighted by atomic mass is 19.1. The Hall–Kier alpha value is -0.930. The van der Waals surface area contributed by atoms with Crippen molar-refractivity contribution in [2.75, 3.05) is 13.1 Å². The molecule has 0 bridgehead atoms. The van der Waals surface area contributed by atoms with Gasteiger partial charge in [0.25, 0.3) is 0 Å². The number of likely N-dealkylation sites (tertiary alicyclic amines) is 1. The molecule has 1 aromatic rings. The van der Waals surface area contributed by atoms with Gasteiger partial charge >= 0.3 is 0 Å². The van der Waals surface area contributed by atoms with Crippen LogP contribution < -0.4 is 5.73 Å². The minimum atomic E-state index is -0.158. The zero-order valence-electron chi connectivity index (χ0n) is 9.98. The highest BCUT2D eigenvalue weighted by molar-refractivity contribution is 5.16. The molecule has 1 saturated carbocycles. The molecule has 92 valence electrons. The van der Waals surface area contributed by atoms with Gasteiger partial charge in [0.2, 0.25) is 0 Å². The first-order valence-electron chi connectivity index (χ1n) is 6.45. The SMILES string of the molecule is NC1CCC2CN(Cc3ccc(F)cc3)CC12. The van der Waals surface area contributed by atoms with Gasteiger partial charge in [-0.05, 0) is 42.4 Å². The van der Waals surface area contributed by atoms with Crippen LogP contribution in [0, 0.1) is 17.7 Å². The second-order valence-electron chi connectivity index (χ2n) is 5.49. The molecule has 1 saturated heterocycles. The number of nitrogens with two attached hydrogens (primary N) is 1. The van der Waals surface area contributed by atoms with E-state index in [2.05, 4.69) is 4.90 Å². The van der Waals surface area contributed by atoms with E-state index in [9.17, 15) is 4.39 Å². The van der Waals surface area contributed by atoms with Gasteiger partial charge < -0.3 is 5.73 Å². The van der Waals surface area contributed by atoms with Crippen LogP contribution in [0.1, 0.15) is 18.4 Å². The summed E-state index contributed by atoms with van der Waals surface area (Å²) in [5.74, 6) is 1.33. The molecule has 2 fully saturated rings. The minimum absolute atomic E-state index is 0.158. The smallest absolute Gasteiger partial charge is 0.123 e. The second kappa shape index (κ2) is 4.39. The highest BCUT2D eigenvalue weighted by Gasteiger charge is 2.40. The highest BCUT2D eigenvalue weighted by Crippen LogP contribution is 2.37. The van der Waals surface area contributed by atoms with Crippen LogP contribution in [0.5, 0.6) is 0 Å². The number of hydrogen-bond donors (Lipinski definition) is 1. The number of nitrogens with zero attached hydrogens (tertiary/aromatic N) is 1. The maximum Gasteiger partial charge on any atom is 0.123 e. The van der Waals surface area contributed by atoms with Crippen LogP contribution >= 0.6 is 0 Å². The standard InChI is InChI=1S/C14H19FN2/c15-12-4-1-10(2-5-12)7-17-8-11-3-6-14(16)13(11)9-17/h1-2,4-5,11,13-14H,3,6-9,16H2. The van der Waals surface area contributed by atoms with Crippen LogP contribution in [0.15, 0.2) is 24.3 Å². The Morgan fingerprint density at radius 2 is 1.94 bits per heavy atom. The number of fused-ring (bicyclic) bond motifs is 1. The minimum Gasteiger partial charge on any atom is -0.327 e. The Balaban J connectivity index is 1.62. The molecule has 3 rings (SSSR count). The van der Waals surface area contributed by atoms with Gasteiger partial charge in [0.15, 0.2) is 0 Å². The molecule has 1 heterocycles. The zero-order valence-corrected chi connectivity index (χ0v) is 9.98. The van der Waals surface area contributed by atoms with Crippen molar-refractivity contribution in [3.05, 3.63) is 35.6 Å². The summed E-state index contributed by atoms with van der Waals surface area (Å²) in [6.45, 7) is 3.21. The van der Waals surface area contributed by atoms with Gasteiger partial charge in [-0.1, -0.05) is 12.1 Å². The normalized spacial score (nSPS) is 32.9. The van der Waals surface area contributed by atoms with Crippen LogP contribution in [-0.4, -0.2) is 24.0 Å². The van der Waals surface area contributed by atoms with E-state index in [0.717, 1.165) is 25.6 Å². The quantitative estimate of drug-likeness (QED) is 0.848. The van der Waals surface area contributed by atoms with E-state index in [1.165, 1.54) is 30.5 Å². The average molecular weight is 234 g/mol. The number of benzene rings is 1. The lowest BCUT2D eigenvalue weighted by Gasteiger charge is -2.18. The van der Waals surface area contributed by atoms with Crippen molar-refractivity contribution in [3.8, 4) is 0 Å². The Kier molecular flexibility index (Phi) is 2.89. The molecule has 2 aliphatic rings. The third-order valence-corrected chi connectivity index (χ3v) is 4.31. The van der Waals surface area contributed by atoms with E-state index in [1.807, 2.05) is 12.1 Å². The van der Waals surface area contributed by atoms with Gasteiger partial charge in [-0.25, -0.2) is 4.39 Å². The lowest BCUT2D eigenvalue weighted by Crippen LogP contribution is -2.30. The van der Waals surface area contributed by atoms with Gasteiger partial charge in [0.05, 0.1) is 0 Å². The van der Waals surface area contributed by atoms with Crippen LogP contribution in [0.25, 0.3) is 0 Å². The molecule has 0 amide bonds. The van der Waals surface area contributed by atoms with Crippen LogP contribution in [0.2, 0.25) is 0 Å². The molecule has 17 heavy (non-hydrogen) atoms. The fraction of sp³-hybridized carbons (Fsp3) is 0.571. The van der Waals surface area contributed by atoms with Crippen molar-refractivity contribution in [1.82, 2.24) is 4.90 Å². The zero-order chi connectivity index (χ0) is 11.8. The van der Waals surface area contributed by atoms with Gasteiger partial charge in [-0.2, -0.15) is 0 Å². The van der Waals surface area contributed by atoms with Crippen molar-refractivity contribution in [2.24, 2.45) is 17.6 Å². The van der Waals surface area contributed by atoms with E-state index in [0.29, 0.717) is 12.0 Å². The first kappa shape index (κ1) is 11.2. The largest absolute Gasteiger partial charge is 0.327 e. The number of rotatable bonds is 2. The summed E-state index contributed by atoms with van der Waals surface area (Å²) < 4.78 is 12.8. The topological polar surface area (TPSA) is 29.3 Å². The Morgan fingerprint density at radius 3 is 2.65 bits per heavy atom. The summed E-state index contributed by atoms with van der Waals surface area (Å²) in [6, 6.07) is 7.24. The van der Waals surface area contributed by atoms with E-state index < -0.39 is 0 Å². The molecule has 2 nitrogen and oxygen atoms in total. The monoisotopic (exact) mass is 234 g/mol. The summed E-state index contributed by atoms with van der Waals surface area (Å²) >= 11 is 0. The Bertz CT molecular complexity index is 390. The summed E-state index contributed by atoms with van der Waals surface area (Å²) in [7, 11) is 0. The van der Waals surface area contributed by atoms with Gasteiger partial charge in [0, 0.05) is 25.7 Å². The van der Waals surface area contributed by atoms with Crippen molar-refractivity contribution in [3.63, 3.8) is 0 Å². The van der Waals surface area contributed by atoms with E-state index in [4.69, 9.17) is 5.73 Å². The molecule has 1 aliphatic heterocycles. The van der Waals surface area contributed by atoms with Crippen LogP contribution in [0.3, 0.4) is 0 Å². The first-order valence-corrected chi connectivity index (χ1v) is 6.45. The van der Waals surface area contributed by atoms with Gasteiger partial charge in [0.1, 0.15) is 5.82 Å². The molecule has 3 atom stereocenters. The summed E-state index contributed by atoms with van der Waals surface area (Å²) in [5.41, 5.74) is 7.31. The van der Waals surface area contributed by atoms with Crippen LogP contribution in [-0.2, 0) is 6.54 Å². The molecule has 3 heteroatoms. The lowest BCUT2D eigenvalue weighted by molar-refractivity contribution is 0.298. The third kappa shape index (κ3) is 2.22. The molecule has 2 N–H and O–H groups in total. The van der Waals surface area contributed by atoms with Gasteiger partial charge in [-0.3, -0.25) is 4.90 Å². The Morgan fingerprint density at radius 1 is 1.18 bits per heavy atom. The molecule has 0 radical (unpaired) electrons. The number of halogens is 1. The lowest BCUT2D eigenvalue weighted by atomic mass is 9.98. The molecule has 3 unspecified atom stereocenters. The van der Waals surface area contributed by atoms with Crippen LogP contribution in [0.4, 0.5) is 4.39 Å². The van der Waals surface area contributed by atoms with E-state index >= 15 is 0 Å². The van der Waals surface area contributed by atoms with Gasteiger partial charge in [-0.15, -0.1) is 0 Å². The molecule has 0 aromatic heterocycles. The van der Waals surface area contributed by atoms with Crippen molar-refractivity contribution < 1.29 is 4.39 Å². The van der Waals surface area contributed by atoms with E-state index in [1.54, 1.807) is 0 Å². The number of hydrogen-bond acceptors (Lipinski definition) is 2. The second-order valence-corrected chi connectivity index (χ2v) is 5.49. The fourth-order valence-electron chi connectivity index (χ4n) is 3.38. The predicted molar refractivity (Wildman–Crippen MR) is 65.9 cm³/mol. The third-order valence-electron chi connectivity index (χ3n) is 4.31. The van der Waals surface area contributed by atoms with E-state index in [-0.39, 0.29) is 5.82 Å². The molecule has 1 aromatic carbocycles. The first-order chi connectivity index (χ1) is 8.22. The average Bonchev–Trinajstić information content (AvgIpc) is 2.85. The molecular formula is C14H19FN2. The Labute approximate surface area is 102 Å². The van der Waals surface area contributed by atoms with Crippen molar-refractivity contribution in [2.45, 2.75) is 25.4 Å². The maximum absolute atomic E-state index is 12.8. The predicted octanol–water partition coefficient (Wildman–Crippen LogP) is 1.99. The molecule has 1 aliphatic carbocycles. The fourth-order valence-corrected chi connectivity index (χ4v) is 3.38. The van der Waals surface area contributed by atoms with Crippen molar-refractivity contribution in [1.29, 1.82) is 0 Å². The summed E-state index contributed by atoms with van der Waals surface area (Å²) in [4.78, 5) is 2.46.